The van der Waals surface area contributed by atoms with Crippen molar-refractivity contribution in [3.63, 3.8) is 0 Å². The van der Waals surface area contributed by atoms with Crippen molar-refractivity contribution in [2.75, 3.05) is 12.3 Å². The molecule has 0 spiro atoms. The molecule has 0 bridgehead atoms. The second-order valence-corrected chi connectivity index (χ2v) is 8.97. The van der Waals surface area contributed by atoms with Crippen molar-refractivity contribution in [2.45, 2.75) is 38.0 Å². The zero-order valence-electron chi connectivity index (χ0n) is 20.6. The summed E-state index contributed by atoms with van der Waals surface area (Å²) in [4.78, 5) is 49.2. The molecule has 2 aromatic heterocycles. The molecule has 38 heavy (non-hydrogen) atoms. The number of nitrogens with zero attached hydrogens (tertiary/aromatic N) is 3. The SMILES string of the molecule is Cc1cccc(Cn2c[n+]([C@@H]3O[C@H](COP(=O)([O-])[O-])[C@@H](O)[C@H]3O)c3nc(N)[nH]c(=O)c32)c1.O=C([O-])O.[Na+].[Na+]. The number of phosphoric acid groups is 1. The third kappa shape index (κ3) is 8.82. The van der Waals surface area contributed by atoms with Gasteiger partial charge in [0.25, 0.3) is 11.5 Å². The molecule has 0 radical (unpaired) electrons. The van der Waals surface area contributed by atoms with Crippen LogP contribution in [0, 0.1) is 6.92 Å². The number of hydrogen-bond donors (Lipinski definition) is 5. The zero-order chi connectivity index (χ0) is 26.8. The van der Waals surface area contributed by atoms with Crippen LogP contribution in [0.25, 0.3) is 11.2 Å². The summed E-state index contributed by atoms with van der Waals surface area (Å²) in [6.45, 7) is 1.44. The number of aryl methyl sites for hydroxylation is 1. The van der Waals surface area contributed by atoms with Crippen LogP contribution >= 0.6 is 7.82 Å². The third-order valence-corrected chi connectivity index (χ3v) is 5.60. The van der Waals surface area contributed by atoms with E-state index in [1.54, 1.807) is 4.57 Å². The fourth-order valence-corrected chi connectivity index (χ4v) is 4.08. The maximum atomic E-state index is 12.6. The third-order valence-electron chi connectivity index (χ3n) is 5.13. The molecule has 3 heterocycles. The molecule has 0 amide bonds. The molecule has 1 aromatic carbocycles. The van der Waals surface area contributed by atoms with Gasteiger partial charge in [0, 0.05) is 0 Å². The van der Waals surface area contributed by atoms with E-state index in [0.29, 0.717) is 0 Å². The standard InChI is InChI=1S/C18H22N5O8P.CH2O3.2Na/c1-9-3-2-4-10(5-9)6-22-8-23(15-12(22)16(26)21-18(19)20-15)17-14(25)13(24)11(31-17)7-30-32(27,28)29;2-1(3)4;;/h2-5,8,11,13-14,17,24-25H,6-7H2,1H3,(H4-,19,20,21,26,27,28,29);(H2,2,3,4);;/q;;2*+1/p-2/t11-,13-,14-,17-;;;/m1.../s1. The van der Waals surface area contributed by atoms with Gasteiger partial charge in [-0.1, -0.05) is 34.8 Å². The van der Waals surface area contributed by atoms with Crippen molar-refractivity contribution < 1.29 is 113 Å². The van der Waals surface area contributed by atoms with Crippen LogP contribution in [0.3, 0.4) is 0 Å². The Balaban J connectivity index is 0.00000113. The fourth-order valence-electron chi connectivity index (χ4n) is 3.75. The van der Waals surface area contributed by atoms with E-state index in [4.69, 9.17) is 25.5 Å². The van der Waals surface area contributed by atoms with Crippen LogP contribution in [-0.2, 0) is 20.4 Å². The number of ether oxygens (including phenoxy) is 1. The number of nitrogens with two attached hydrogens (primary N) is 1. The molecule has 0 aliphatic carbocycles. The van der Waals surface area contributed by atoms with Crippen LogP contribution in [0.1, 0.15) is 17.4 Å². The van der Waals surface area contributed by atoms with Gasteiger partial charge in [-0.3, -0.25) is 14.3 Å². The number of nitrogens with one attached hydrogen (secondary N) is 1. The molecule has 1 fully saturated rings. The number of aromatic amines is 1. The number of benzene rings is 1. The number of phosphoric ester groups is 1. The molecule has 4 rings (SSSR count). The second kappa shape index (κ2) is 14.3. The summed E-state index contributed by atoms with van der Waals surface area (Å²) in [5, 5.41) is 36.1. The van der Waals surface area contributed by atoms with Crippen LogP contribution in [0.5, 0.6) is 0 Å². The van der Waals surface area contributed by atoms with Crippen LogP contribution in [-0.4, -0.2) is 60.9 Å². The molecular formula is C19H22N5Na2O11P. The molecule has 196 valence electrons. The second-order valence-electron chi connectivity index (χ2n) is 7.82. The number of aromatic nitrogens is 4. The number of rotatable bonds is 6. The Morgan fingerprint density at radius 2 is 1.95 bits per heavy atom. The van der Waals surface area contributed by atoms with E-state index in [-0.39, 0.29) is 82.8 Å². The minimum atomic E-state index is -5.31. The smallest absolute Gasteiger partial charge is 0.790 e. The van der Waals surface area contributed by atoms with Gasteiger partial charge in [0.15, 0.2) is 6.33 Å². The topological polar surface area (TPSA) is 263 Å². The number of H-pyrrole nitrogens is 1. The number of fused-ring (bicyclic) bond motifs is 1. The van der Waals surface area contributed by atoms with E-state index in [9.17, 15) is 29.4 Å². The van der Waals surface area contributed by atoms with Crippen molar-refractivity contribution in [3.8, 4) is 0 Å². The predicted octanol–water partition coefficient (Wildman–Crippen LogP) is -9.69. The van der Waals surface area contributed by atoms with Gasteiger partial charge in [-0.2, -0.15) is 0 Å². The number of aliphatic hydroxyl groups excluding tert-OH is 2. The molecule has 0 saturated carbocycles. The molecular weight excluding hydrogens is 551 g/mol. The molecule has 1 aliphatic heterocycles. The van der Waals surface area contributed by atoms with Gasteiger partial charge in [-0.15, -0.1) is 0 Å². The van der Waals surface area contributed by atoms with Gasteiger partial charge >= 0.3 is 64.8 Å². The van der Waals surface area contributed by atoms with E-state index in [2.05, 4.69) is 14.5 Å². The molecule has 3 aromatic rings. The van der Waals surface area contributed by atoms with E-state index in [0.717, 1.165) is 11.1 Å². The number of nitrogen functional groups attached to an aromatic ring is 1. The average molecular weight is 573 g/mol. The van der Waals surface area contributed by atoms with E-state index in [1.165, 1.54) is 10.9 Å². The quantitative estimate of drug-likeness (QED) is 0.104. The van der Waals surface area contributed by atoms with Crippen molar-refractivity contribution in [3.05, 3.63) is 52.1 Å². The number of hydrogen-bond acceptors (Lipinski definition) is 12. The Morgan fingerprint density at radius 1 is 1.32 bits per heavy atom. The van der Waals surface area contributed by atoms with E-state index in [1.807, 2.05) is 31.2 Å². The maximum Gasteiger partial charge on any atom is 1.00 e. The molecule has 16 nitrogen and oxygen atoms in total. The Kier molecular flexibility index (Phi) is 13.1. The first-order valence-corrected chi connectivity index (χ1v) is 11.7. The number of imidazole rings is 1. The van der Waals surface area contributed by atoms with Crippen LogP contribution in [0.4, 0.5) is 10.7 Å². The monoisotopic (exact) mass is 573 g/mol. The summed E-state index contributed by atoms with van der Waals surface area (Å²) >= 11 is 0. The van der Waals surface area contributed by atoms with Crippen LogP contribution in [0.15, 0.2) is 35.4 Å². The minimum Gasteiger partial charge on any atom is -0.790 e. The normalized spacial score (nSPS) is 20.7. The van der Waals surface area contributed by atoms with Crippen molar-refractivity contribution in [1.82, 2.24) is 14.5 Å². The Hall–Kier alpha value is -1.37. The van der Waals surface area contributed by atoms with Crippen LogP contribution in [0.2, 0.25) is 0 Å². The fraction of sp³-hybridized carbons (Fsp3) is 0.368. The van der Waals surface area contributed by atoms with Crippen molar-refractivity contribution >= 4 is 31.1 Å². The first kappa shape index (κ1) is 34.7. The summed E-state index contributed by atoms with van der Waals surface area (Å²) in [5.74, 6) is -0.170. The van der Waals surface area contributed by atoms with Crippen molar-refractivity contribution in [2.24, 2.45) is 0 Å². The molecule has 19 heteroatoms. The summed E-state index contributed by atoms with van der Waals surface area (Å²) in [6, 6.07) is 7.63. The molecule has 6 N–H and O–H groups in total. The molecule has 0 unspecified atom stereocenters. The average Bonchev–Trinajstić information content (AvgIpc) is 3.23. The Morgan fingerprint density at radius 3 is 2.53 bits per heavy atom. The van der Waals surface area contributed by atoms with Crippen LogP contribution < -0.4 is 89.9 Å². The van der Waals surface area contributed by atoms with Gasteiger partial charge < -0.3 is 54.6 Å². The molecule has 4 atom stereocenters. The van der Waals surface area contributed by atoms with Gasteiger partial charge in [0.05, 0.1) is 21.0 Å². The summed E-state index contributed by atoms with van der Waals surface area (Å²) in [7, 11) is -5.31. The molecule has 1 aliphatic rings. The van der Waals surface area contributed by atoms with Gasteiger partial charge in [0.1, 0.15) is 18.3 Å². The zero-order valence-corrected chi connectivity index (χ0v) is 25.5. The minimum absolute atomic E-state index is 0. The first-order valence-electron chi connectivity index (χ1n) is 10.2. The van der Waals surface area contributed by atoms with E-state index < -0.39 is 50.7 Å². The van der Waals surface area contributed by atoms with Gasteiger partial charge in [-0.25, -0.2) is 4.57 Å². The summed E-state index contributed by atoms with van der Waals surface area (Å²) < 4.78 is 23.4. The number of carbonyl (C=O) groups is 1. The van der Waals surface area contributed by atoms with Gasteiger partial charge in [-0.05, 0) is 12.5 Å². The van der Waals surface area contributed by atoms with Gasteiger partial charge in [0.2, 0.25) is 17.9 Å². The number of carboxylic acid groups (broad SMARTS) is 2. The van der Waals surface area contributed by atoms with Crippen molar-refractivity contribution in [1.29, 1.82) is 0 Å². The maximum absolute atomic E-state index is 12.6. The number of aliphatic hydroxyl groups is 2. The first-order chi connectivity index (χ1) is 16.8. The predicted molar refractivity (Wildman–Crippen MR) is 113 cm³/mol. The summed E-state index contributed by atoms with van der Waals surface area (Å²) in [6.07, 6.45) is -6.27. The number of anilines is 1. The Bertz CT molecular complexity index is 1360. The summed E-state index contributed by atoms with van der Waals surface area (Å²) in [5.41, 5.74) is 7.32. The largest absolute Gasteiger partial charge is 1.00 e. The molecule has 1 saturated heterocycles. The Labute approximate surface area is 258 Å². The van der Waals surface area contributed by atoms with E-state index >= 15 is 0 Å².